The number of Topliss-reactive ketones (excluding diaryl/α,β-unsaturated/α-hetero) is 1. The van der Waals surface area contributed by atoms with Crippen LogP contribution in [0.1, 0.15) is 10.4 Å². The first kappa shape index (κ1) is 11.2. The molecule has 0 saturated carbocycles. The Kier molecular flexibility index (Phi) is 2.59. The van der Waals surface area contributed by atoms with E-state index in [1.54, 1.807) is 12.1 Å². The van der Waals surface area contributed by atoms with Gasteiger partial charge in [0.2, 0.25) is 0 Å². The van der Waals surface area contributed by atoms with Crippen LogP contribution in [-0.2, 0) is 11.8 Å². The average Bonchev–Trinajstić information content (AvgIpc) is 2.69. The van der Waals surface area contributed by atoms with Crippen molar-refractivity contribution < 1.29 is 19.4 Å². The number of hydrogen-bond donors (Lipinski definition) is 1. The molecule has 1 heterocycles. The Balaban J connectivity index is 2.73. The van der Waals surface area contributed by atoms with Gasteiger partial charge in [-0.25, -0.2) is 4.79 Å². The lowest BCUT2D eigenvalue weighted by Crippen LogP contribution is -2.13. The largest absolute Gasteiger partial charge is 0.495 e. The maximum Gasteiger partial charge on any atom is 0.377 e. The van der Waals surface area contributed by atoms with E-state index >= 15 is 0 Å². The fourth-order valence-corrected chi connectivity index (χ4v) is 1.84. The SMILES string of the molecule is COc1c(C(=O)C(=O)O)ccc2c1ccn2C. The molecule has 0 aliphatic heterocycles. The van der Waals surface area contributed by atoms with Crippen molar-refractivity contribution in [3.05, 3.63) is 30.0 Å². The number of rotatable bonds is 3. The number of carboxylic acid groups (broad SMARTS) is 1. The summed E-state index contributed by atoms with van der Waals surface area (Å²) in [6.45, 7) is 0. The molecule has 0 aliphatic rings. The number of ketones is 1. The molecule has 0 saturated heterocycles. The molecule has 5 nitrogen and oxygen atoms in total. The van der Waals surface area contributed by atoms with E-state index < -0.39 is 11.8 Å². The van der Waals surface area contributed by atoms with E-state index in [0.717, 1.165) is 10.9 Å². The van der Waals surface area contributed by atoms with Crippen LogP contribution in [0.3, 0.4) is 0 Å². The molecule has 0 fully saturated rings. The second kappa shape index (κ2) is 3.93. The van der Waals surface area contributed by atoms with Crippen molar-refractivity contribution in [2.24, 2.45) is 7.05 Å². The van der Waals surface area contributed by atoms with Gasteiger partial charge in [-0.2, -0.15) is 0 Å². The molecular weight excluding hydrogens is 222 g/mol. The highest BCUT2D eigenvalue weighted by Gasteiger charge is 2.21. The van der Waals surface area contributed by atoms with Crippen LogP contribution >= 0.6 is 0 Å². The highest BCUT2D eigenvalue weighted by atomic mass is 16.5. The van der Waals surface area contributed by atoms with E-state index in [-0.39, 0.29) is 5.56 Å². The van der Waals surface area contributed by atoms with E-state index in [4.69, 9.17) is 9.84 Å². The summed E-state index contributed by atoms with van der Waals surface area (Å²) in [5.74, 6) is -2.15. The number of fused-ring (bicyclic) bond motifs is 1. The van der Waals surface area contributed by atoms with Crippen LogP contribution in [0.4, 0.5) is 0 Å². The van der Waals surface area contributed by atoms with Crippen molar-refractivity contribution in [2.45, 2.75) is 0 Å². The molecule has 1 aromatic carbocycles. The van der Waals surface area contributed by atoms with Crippen molar-refractivity contribution in [3.8, 4) is 5.75 Å². The van der Waals surface area contributed by atoms with Gasteiger partial charge < -0.3 is 14.4 Å². The minimum absolute atomic E-state index is 0.0682. The maximum atomic E-state index is 11.5. The molecular formula is C12H11NO4. The molecule has 0 unspecified atom stereocenters. The summed E-state index contributed by atoms with van der Waals surface area (Å²) in [7, 11) is 3.28. The minimum atomic E-state index is -1.49. The topological polar surface area (TPSA) is 68.5 Å². The number of nitrogens with zero attached hydrogens (tertiary/aromatic N) is 1. The highest BCUT2D eigenvalue weighted by Crippen LogP contribution is 2.30. The predicted octanol–water partition coefficient (Wildman–Crippen LogP) is 1.45. The number of hydrogen-bond acceptors (Lipinski definition) is 3. The number of carboxylic acids is 1. The van der Waals surface area contributed by atoms with Gasteiger partial charge in [0.05, 0.1) is 18.2 Å². The van der Waals surface area contributed by atoms with E-state index in [1.807, 2.05) is 17.8 Å². The Bertz CT molecular complexity index is 612. The monoisotopic (exact) mass is 233 g/mol. The van der Waals surface area contributed by atoms with E-state index in [2.05, 4.69) is 0 Å². The molecule has 0 bridgehead atoms. The predicted molar refractivity (Wildman–Crippen MR) is 61.4 cm³/mol. The maximum absolute atomic E-state index is 11.5. The number of ether oxygens (including phenoxy) is 1. The van der Waals surface area contributed by atoms with Gasteiger partial charge in [0.1, 0.15) is 5.75 Å². The Labute approximate surface area is 97.2 Å². The van der Waals surface area contributed by atoms with Crippen LogP contribution < -0.4 is 4.74 Å². The van der Waals surface area contributed by atoms with Gasteiger partial charge >= 0.3 is 5.97 Å². The average molecular weight is 233 g/mol. The van der Waals surface area contributed by atoms with E-state index in [1.165, 1.54) is 13.2 Å². The number of methoxy groups -OCH3 is 1. The van der Waals surface area contributed by atoms with Gasteiger partial charge in [-0.3, -0.25) is 4.79 Å². The number of aliphatic carboxylic acids is 1. The van der Waals surface area contributed by atoms with Crippen molar-refractivity contribution >= 4 is 22.7 Å². The Morgan fingerprint density at radius 3 is 2.59 bits per heavy atom. The van der Waals surface area contributed by atoms with Crippen LogP contribution in [0.25, 0.3) is 10.9 Å². The molecule has 1 N–H and O–H groups in total. The first-order valence-corrected chi connectivity index (χ1v) is 4.96. The third-order valence-corrected chi connectivity index (χ3v) is 2.66. The summed E-state index contributed by atoms with van der Waals surface area (Å²) in [4.78, 5) is 22.2. The number of aryl methyl sites for hydroxylation is 1. The molecule has 0 aliphatic carbocycles. The van der Waals surface area contributed by atoms with E-state index in [9.17, 15) is 9.59 Å². The van der Waals surface area contributed by atoms with Crippen LogP contribution in [-0.4, -0.2) is 28.5 Å². The number of carbonyl (C=O) groups is 2. The van der Waals surface area contributed by atoms with Gasteiger partial charge in [0, 0.05) is 18.6 Å². The summed E-state index contributed by atoms with van der Waals surface area (Å²) < 4.78 is 7.01. The van der Waals surface area contributed by atoms with Gasteiger partial charge in [-0.15, -0.1) is 0 Å². The summed E-state index contributed by atoms with van der Waals surface area (Å²) in [5.41, 5.74) is 0.947. The molecule has 5 heteroatoms. The van der Waals surface area contributed by atoms with Crippen molar-refractivity contribution in [1.29, 1.82) is 0 Å². The van der Waals surface area contributed by atoms with Crippen LogP contribution in [0.5, 0.6) is 5.75 Å². The molecule has 0 atom stereocenters. The standard InChI is InChI=1S/C12H11NO4/c1-13-6-5-7-9(13)4-3-8(11(7)17-2)10(14)12(15)16/h3-6H,1-2H3,(H,15,16). The zero-order valence-corrected chi connectivity index (χ0v) is 9.43. The molecule has 2 rings (SSSR count). The van der Waals surface area contributed by atoms with Crippen LogP contribution in [0.2, 0.25) is 0 Å². The van der Waals surface area contributed by atoms with Gasteiger partial charge in [0.15, 0.2) is 0 Å². The molecule has 17 heavy (non-hydrogen) atoms. The summed E-state index contributed by atoms with van der Waals surface area (Å²) >= 11 is 0. The second-order valence-corrected chi connectivity index (χ2v) is 3.64. The Hall–Kier alpha value is -2.30. The zero-order chi connectivity index (χ0) is 12.6. The highest BCUT2D eigenvalue weighted by molar-refractivity contribution is 6.41. The summed E-state index contributed by atoms with van der Waals surface area (Å²) in [6, 6.07) is 4.96. The number of aromatic nitrogens is 1. The molecule has 0 spiro atoms. The fraction of sp³-hybridized carbons (Fsp3) is 0.167. The smallest absolute Gasteiger partial charge is 0.377 e. The molecule has 88 valence electrons. The summed E-state index contributed by atoms with van der Waals surface area (Å²) in [6.07, 6.45) is 1.82. The third-order valence-electron chi connectivity index (χ3n) is 2.66. The minimum Gasteiger partial charge on any atom is -0.495 e. The first-order chi connectivity index (χ1) is 8.06. The van der Waals surface area contributed by atoms with Crippen molar-refractivity contribution in [2.75, 3.05) is 7.11 Å². The molecule has 1 aromatic heterocycles. The normalized spacial score (nSPS) is 10.5. The fourth-order valence-electron chi connectivity index (χ4n) is 1.84. The van der Waals surface area contributed by atoms with Crippen molar-refractivity contribution in [1.82, 2.24) is 4.57 Å². The number of carbonyl (C=O) groups excluding carboxylic acids is 1. The zero-order valence-electron chi connectivity index (χ0n) is 9.43. The van der Waals surface area contributed by atoms with Gasteiger partial charge in [-0.05, 0) is 18.2 Å². The lowest BCUT2D eigenvalue weighted by atomic mass is 10.1. The molecule has 2 aromatic rings. The molecule has 0 radical (unpaired) electrons. The Morgan fingerprint density at radius 2 is 2.00 bits per heavy atom. The van der Waals surface area contributed by atoms with Crippen LogP contribution in [0, 0.1) is 0 Å². The van der Waals surface area contributed by atoms with Crippen LogP contribution in [0.15, 0.2) is 24.4 Å². The molecule has 0 amide bonds. The second-order valence-electron chi connectivity index (χ2n) is 3.64. The quantitative estimate of drug-likeness (QED) is 0.643. The Morgan fingerprint density at radius 1 is 1.29 bits per heavy atom. The summed E-state index contributed by atoms with van der Waals surface area (Å²) in [5, 5.41) is 9.45. The van der Waals surface area contributed by atoms with Gasteiger partial charge in [-0.1, -0.05) is 0 Å². The first-order valence-electron chi connectivity index (χ1n) is 4.96. The van der Waals surface area contributed by atoms with E-state index in [0.29, 0.717) is 5.75 Å². The third kappa shape index (κ3) is 1.65. The lowest BCUT2D eigenvalue weighted by molar-refractivity contribution is -0.131. The number of benzene rings is 1. The lowest BCUT2D eigenvalue weighted by Gasteiger charge is -2.07. The van der Waals surface area contributed by atoms with Gasteiger partial charge in [0.25, 0.3) is 5.78 Å². The van der Waals surface area contributed by atoms with Crippen molar-refractivity contribution in [3.63, 3.8) is 0 Å².